The zero-order valence-electron chi connectivity index (χ0n) is 11.2. The molecule has 2 aromatic heterocycles. The molecule has 0 saturated heterocycles. The lowest BCUT2D eigenvalue weighted by Gasteiger charge is -2.03. The SMILES string of the molecule is N#Cc1c(C(=O)c2ccoc2)nn(-c2ccc(Cl)cc2)c1N. The summed E-state index contributed by atoms with van der Waals surface area (Å²) in [5.74, 6) is -0.332. The normalized spacial score (nSPS) is 10.4. The van der Waals surface area contributed by atoms with Gasteiger partial charge < -0.3 is 10.2 Å². The zero-order chi connectivity index (χ0) is 15.7. The van der Waals surface area contributed by atoms with Crippen LogP contribution >= 0.6 is 11.6 Å². The quantitative estimate of drug-likeness (QED) is 0.750. The van der Waals surface area contributed by atoms with E-state index >= 15 is 0 Å². The molecule has 2 heterocycles. The highest BCUT2D eigenvalue weighted by Gasteiger charge is 2.23. The summed E-state index contributed by atoms with van der Waals surface area (Å²) in [6, 6.07) is 10.1. The summed E-state index contributed by atoms with van der Waals surface area (Å²) >= 11 is 5.84. The highest BCUT2D eigenvalue weighted by atomic mass is 35.5. The molecule has 108 valence electrons. The molecule has 0 bridgehead atoms. The Bertz CT molecular complexity index is 874. The third-order valence-electron chi connectivity index (χ3n) is 3.10. The first-order chi connectivity index (χ1) is 10.6. The number of nitriles is 1. The average Bonchev–Trinajstić information content (AvgIpc) is 3.15. The number of nitrogens with two attached hydrogens (primary N) is 1. The van der Waals surface area contributed by atoms with E-state index in [1.165, 1.54) is 23.3 Å². The van der Waals surface area contributed by atoms with Crippen molar-refractivity contribution in [2.24, 2.45) is 0 Å². The molecule has 0 unspecified atom stereocenters. The van der Waals surface area contributed by atoms with E-state index in [4.69, 9.17) is 21.8 Å². The monoisotopic (exact) mass is 312 g/mol. The van der Waals surface area contributed by atoms with E-state index in [9.17, 15) is 10.1 Å². The third-order valence-corrected chi connectivity index (χ3v) is 3.35. The number of aromatic nitrogens is 2. The van der Waals surface area contributed by atoms with E-state index in [-0.39, 0.29) is 17.1 Å². The number of nitrogen functional groups attached to an aromatic ring is 1. The molecule has 0 saturated carbocycles. The second-order valence-electron chi connectivity index (χ2n) is 4.45. The van der Waals surface area contributed by atoms with E-state index in [2.05, 4.69) is 5.10 Å². The van der Waals surface area contributed by atoms with Gasteiger partial charge >= 0.3 is 0 Å². The van der Waals surface area contributed by atoms with Gasteiger partial charge in [0, 0.05) is 5.02 Å². The molecule has 7 heteroatoms. The summed E-state index contributed by atoms with van der Waals surface area (Å²) in [7, 11) is 0. The zero-order valence-corrected chi connectivity index (χ0v) is 11.9. The van der Waals surface area contributed by atoms with Crippen LogP contribution in [0.15, 0.2) is 47.3 Å². The van der Waals surface area contributed by atoms with Crippen molar-refractivity contribution in [1.82, 2.24) is 9.78 Å². The molecule has 0 aliphatic carbocycles. The van der Waals surface area contributed by atoms with Crippen LogP contribution in [-0.4, -0.2) is 15.6 Å². The number of rotatable bonds is 3. The van der Waals surface area contributed by atoms with Crippen LogP contribution in [-0.2, 0) is 0 Å². The van der Waals surface area contributed by atoms with Crippen LogP contribution in [0.25, 0.3) is 5.69 Å². The van der Waals surface area contributed by atoms with Crippen LogP contribution in [0.5, 0.6) is 0 Å². The Morgan fingerprint density at radius 1 is 1.32 bits per heavy atom. The van der Waals surface area contributed by atoms with Crippen molar-refractivity contribution in [2.45, 2.75) is 0 Å². The van der Waals surface area contributed by atoms with Gasteiger partial charge in [-0.05, 0) is 30.3 Å². The van der Waals surface area contributed by atoms with Crippen LogP contribution in [0.4, 0.5) is 5.82 Å². The van der Waals surface area contributed by atoms with Gasteiger partial charge in [0.15, 0.2) is 5.69 Å². The van der Waals surface area contributed by atoms with E-state index in [1.54, 1.807) is 24.3 Å². The van der Waals surface area contributed by atoms with Crippen LogP contribution < -0.4 is 5.73 Å². The van der Waals surface area contributed by atoms with Gasteiger partial charge in [0.2, 0.25) is 5.78 Å². The Labute approximate surface area is 130 Å². The molecule has 0 aliphatic rings. The molecular weight excluding hydrogens is 304 g/mol. The highest BCUT2D eigenvalue weighted by molar-refractivity contribution is 6.30. The minimum absolute atomic E-state index is 0.0173. The molecule has 2 N–H and O–H groups in total. The van der Waals surface area contributed by atoms with Gasteiger partial charge in [0.05, 0.1) is 17.5 Å². The smallest absolute Gasteiger partial charge is 0.217 e. The summed E-state index contributed by atoms with van der Waals surface area (Å²) in [4.78, 5) is 12.4. The number of hydrogen-bond acceptors (Lipinski definition) is 5. The van der Waals surface area contributed by atoms with Crippen molar-refractivity contribution in [3.05, 3.63) is 64.7 Å². The lowest BCUT2D eigenvalue weighted by Crippen LogP contribution is -2.04. The number of nitrogens with zero attached hydrogens (tertiary/aromatic N) is 3. The number of benzene rings is 1. The first kappa shape index (κ1) is 13.9. The standard InChI is InChI=1S/C15H9ClN4O2/c16-10-1-3-11(4-2-10)20-15(18)12(7-17)13(19-20)14(21)9-5-6-22-8-9/h1-6,8H,18H2. The molecule has 6 nitrogen and oxygen atoms in total. The maximum atomic E-state index is 12.4. The average molecular weight is 313 g/mol. The Morgan fingerprint density at radius 3 is 2.64 bits per heavy atom. The lowest BCUT2D eigenvalue weighted by molar-refractivity contribution is 0.103. The van der Waals surface area contributed by atoms with E-state index in [1.807, 2.05) is 6.07 Å². The predicted molar refractivity (Wildman–Crippen MR) is 79.8 cm³/mol. The molecule has 0 spiro atoms. The molecule has 1 aromatic carbocycles. The maximum Gasteiger partial charge on any atom is 0.217 e. The molecule has 0 atom stereocenters. The van der Waals surface area contributed by atoms with Gasteiger partial charge in [-0.1, -0.05) is 11.6 Å². The second-order valence-corrected chi connectivity index (χ2v) is 4.89. The van der Waals surface area contributed by atoms with Gasteiger partial charge in [-0.2, -0.15) is 10.4 Å². The Hall–Kier alpha value is -3.04. The fraction of sp³-hybridized carbons (Fsp3) is 0. The fourth-order valence-corrected chi connectivity index (χ4v) is 2.14. The van der Waals surface area contributed by atoms with Crippen LogP contribution in [0.3, 0.4) is 0 Å². The van der Waals surface area contributed by atoms with Crippen molar-refractivity contribution in [3.8, 4) is 11.8 Å². The van der Waals surface area contributed by atoms with Gasteiger partial charge in [0.25, 0.3) is 0 Å². The molecule has 0 fully saturated rings. The van der Waals surface area contributed by atoms with Crippen molar-refractivity contribution < 1.29 is 9.21 Å². The summed E-state index contributed by atoms with van der Waals surface area (Å²) in [6.07, 6.45) is 2.67. The molecule has 3 aromatic rings. The summed E-state index contributed by atoms with van der Waals surface area (Å²) < 4.78 is 6.22. The fourth-order valence-electron chi connectivity index (χ4n) is 2.01. The van der Waals surface area contributed by atoms with Crippen molar-refractivity contribution >= 4 is 23.2 Å². The minimum atomic E-state index is -0.426. The Kier molecular flexibility index (Phi) is 3.41. The van der Waals surface area contributed by atoms with E-state index in [0.29, 0.717) is 16.3 Å². The Balaban J connectivity index is 2.13. The van der Waals surface area contributed by atoms with Crippen LogP contribution in [0, 0.1) is 11.3 Å². The second kappa shape index (κ2) is 5.39. The predicted octanol–water partition coefficient (Wildman–Crippen LogP) is 2.80. The maximum absolute atomic E-state index is 12.4. The lowest BCUT2D eigenvalue weighted by atomic mass is 10.1. The number of halogens is 1. The molecular formula is C15H9ClN4O2. The number of furan rings is 1. The largest absolute Gasteiger partial charge is 0.472 e. The molecule has 0 radical (unpaired) electrons. The van der Waals surface area contributed by atoms with Gasteiger partial charge in [-0.15, -0.1) is 0 Å². The van der Waals surface area contributed by atoms with Crippen molar-refractivity contribution in [3.63, 3.8) is 0 Å². The highest BCUT2D eigenvalue weighted by Crippen LogP contribution is 2.23. The first-order valence-electron chi connectivity index (χ1n) is 6.23. The van der Waals surface area contributed by atoms with Gasteiger partial charge in [0.1, 0.15) is 23.7 Å². The summed E-state index contributed by atoms with van der Waals surface area (Å²) in [5.41, 5.74) is 6.86. The number of anilines is 1. The van der Waals surface area contributed by atoms with Crippen LogP contribution in [0.2, 0.25) is 5.02 Å². The Morgan fingerprint density at radius 2 is 2.05 bits per heavy atom. The van der Waals surface area contributed by atoms with Crippen LogP contribution in [0.1, 0.15) is 21.6 Å². The van der Waals surface area contributed by atoms with Gasteiger partial charge in [-0.25, -0.2) is 4.68 Å². The van der Waals surface area contributed by atoms with Gasteiger partial charge in [-0.3, -0.25) is 4.79 Å². The minimum Gasteiger partial charge on any atom is -0.472 e. The summed E-state index contributed by atoms with van der Waals surface area (Å²) in [6.45, 7) is 0. The summed E-state index contributed by atoms with van der Waals surface area (Å²) in [5, 5.41) is 14.0. The third kappa shape index (κ3) is 2.24. The molecule has 3 rings (SSSR count). The molecule has 0 amide bonds. The first-order valence-corrected chi connectivity index (χ1v) is 6.61. The topological polar surface area (TPSA) is 97.8 Å². The number of carbonyl (C=O) groups excluding carboxylic acids is 1. The molecule has 0 aliphatic heterocycles. The molecule has 22 heavy (non-hydrogen) atoms. The number of ketones is 1. The van der Waals surface area contributed by atoms with Crippen molar-refractivity contribution in [1.29, 1.82) is 5.26 Å². The van der Waals surface area contributed by atoms with Crippen molar-refractivity contribution in [2.75, 3.05) is 5.73 Å². The number of hydrogen-bond donors (Lipinski definition) is 1. The number of carbonyl (C=O) groups is 1. The van der Waals surface area contributed by atoms with E-state index < -0.39 is 5.78 Å². The van der Waals surface area contributed by atoms with E-state index in [0.717, 1.165) is 0 Å².